The molecule has 8 nitrogen and oxygen atoms in total. The summed E-state index contributed by atoms with van der Waals surface area (Å²) in [6.45, 7) is 3.78. The largest absolute Gasteiger partial charge is 0.478 e. The summed E-state index contributed by atoms with van der Waals surface area (Å²) in [5, 5.41) is -0.570. The van der Waals surface area contributed by atoms with Crippen molar-refractivity contribution in [2.24, 2.45) is 0 Å². The van der Waals surface area contributed by atoms with Crippen molar-refractivity contribution in [3.8, 4) is 5.75 Å². The molecule has 2 aliphatic rings. The number of hydrogen-bond donors (Lipinski definition) is 3. The Morgan fingerprint density at radius 2 is 1.84 bits per heavy atom. The normalized spacial score (nSPS) is 29.4. The lowest BCUT2D eigenvalue weighted by atomic mass is 10.1. The van der Waals surface area contributed by atoms with Gasteiger partial charge in [0.25, 0.3) is 5.91 Å². The highest BCUT2D eigenvalue weighted by Crippen LogP contribution is 2.33. The fourth-order valence-corrected chi connectivity index (χ4v) is 5.19. The van der Waals surface area contributed by atoms with Crippen LogP contribution in [0.4, 0.5) is 5.69 Å². The topological polar surface area (TPSA) is 99.8 Å². The molecule has 0 aliphatic carbocycles. The highest BCUT2D eigenvalue weighted by Gasteiger charge is 2.40. The highest BCUT2D eigenvalue weighted by atomic mass is 32.2. The lowest BCUT2D eigenvalue weighted by Crippen LogP contribution is -2.48. The molecule has 138 valence electrons. The van der Waals surface area contributed by atoms with Gasteiger partial charge >= 0.3 is 0 Å². The lowest BCUT2D eigenvalue weighted by Gasteiger charge is -2.32. The highest BCUT2D eigenvalue weighted by molar-refractivity contribution is 7.90. The zero-order chi connectivity index (χ0) is 18.2. The molecule has 0 bridgehead atoms. The van der Waals surface area contributed by atoms with Crippen LogP contribution >= 0.6 is 0 Å². The van der Waals surface area contributed by atoms with E-state index in [0.29, 0.717) is 5.75 Å². The first-order valence-corrected chi connectivity index (χ1v) is 9.88. The number of anilines is 1. The summed E-state index contributed by atoms with van der Waals surface area (Å²) < 4.78 is 33.4. The summed E-state index contributed by atoms with van der Waals surface area (Å²) in [5.41, 5.74) is 6.59. The number of sulfonamides is 1. The number of benzene rings is 1. The molecule has 1 aromatic rings. The number of ether oxygens (including phenoxy) is 1. The van der Waals surface area contributed by atoms with Gasteiger partial charge in [-0.25, -0.2) is 13.1 Å². The Hall–Kier alpha value is -1.68. The molecule has 3 unspecified atom stereocenters. The number of hydrazine groups is 1. The summed E-state index contributed by atoms with van der Waals surface area (Å²) in [5.74, 6) is 0.452. The van der Waals surface area contributed by atoms with Crippen molar-refractivity contribution in [1.82, 2.24) is 15.6 Å². The van der Waals surface area contributed by atoms with Crippen LogP contribution in [-0.4, -0.2) is 51.4 Å². The predicted molar refractivity (Wildman–Crippen MR) is 94.8 cm³/mol. The molecule has 1 aromatic carbocycles. The molecule has 0 aromatic heterocycles. The Morgan fingerprint density at radius 3 is 2.52 bits per heavy atom. The minimum Gasteiger partial charge on any atom is -0.478 e. The van der Waals surface area contributed by atoms with Crippen molar-refractivity contribution in [3.05, 3.63) is 24.3 Å². The van der Waals surface area contributed by atoms with Gasteiger partial charge in [0.2, 0.25) is 10.0 Å². The van der Waals surface area contributed by atoms with Gasteiger partial charge in [0, 0.05) is 32.1 Å². The maximum absolute atomic E-state index is 12.5. The first-order chi connectivity index (χ1) is 11.8. The Balaban J connectivity index is 1.62. The molecule has 3 N–H and O–H groups in total. The number of amides is 1. The third-order valence-electron chi connectivity index (χ3n) is 4.69. The van der Waals surface area contributed by atoms with E-state index in [9.17, 15) is 13.2 Å². The molecule has 9 heteroatoms. The zero-order valence-corrected chi connectivity index (χ0v) is 15.3. The maximum Gasteiger partial charge on any atom is 0.267 e. The van der Waals surface area contributed by atoms with E-state index in [1.165, 1.54) is 0 Å². The van der Waals surface area contributed by atoms with E-state index in [1.54, 1.807) is 18.0 Å². The fraction of sp³-hybridized carbons (Fsp3) is 0.562. The number of carbonyl (C=O) groups excluding carboxylic acids is 1. The van der Waals surface area contributed by atoms with Crippen molar-refractivity contribution < 1.29 is 17.9 Å². The van der Waals surface area contributed by atoms with Crippen molar-refractivity contribution >= 4 is 21.6 Å². The monoisotopic (exact) mass is 368 g/mol. The smallest absolute Gasteiger partial charge is 0.267 e. The molecule has 3 rings (SSSR count). The van der Waals surface area contributed by atoms with Crippen molar-refractivity contribution in [2.75, 3.05) is 18.5 Å². The molecule has 1 amide bonds. The Kier molecular flexibility index (Phi) is 5.01. The number of hydrogen-bond acceptors (Lipinski definition) is 6. The van der Waals surface area contributed by atoms with E-state index in [2.05, 4.69) is 15.6 Å². The van der Waals surface area contributed by atoms with Crippen LogP contribution in [-0.2, 0) is 14.8 Å². The van der Waals surface area contributed by atoms with Crippen LogP contribution in [0.3, 0.4) is 0 Å². The predicted octanol–water partition coefficient (Wildman–Crippen LogP) is -0.0267. The van der Waals surface area contributed by atoms with E-state index in [4.69, 9.17) is 4.74 Å². The molecule has 2 heterocycles. The molecule has 3 atom stereocenters. The van der Waals surface area contributed by atoms with Crippen LogP contribution < -0.4 is 25.2 Å². The lowest BCUT2D eigenvalue weighted by molar-refractivity contribution is -0.126. The van der Waals surface area contributed by atoms with Gasteiger partial charge < -0.3 is 9.64 Å². The number of nitrogens with one attached hydrogen (secondary N) is 3. The standard InChI is InChI=1S/C16H24N4O4S/c1-10-15(11(2)19-18-10)25(22,23)17-9-8-14-16(21)20(3)12-6-4-5-7-13(12)24-14/h4-7,10-11,14-15,17-19H,8-9H2,1-3H3. The minimum atomic E-state index is -3.51. The quantitative estimate of drug-likeness (QED) is 0.675. The SMILES string of the molecule is CC1NNC(C)C1S(=O)(=O)NCCC1Oc2ccccc2N(C)C1=O. The second kappa shape index (κ2) is 6.91. The van der Waals surface area contributed by atoms with Crippen LogP contribution in [0.1, 0.15) is 20.3 Å². The molecule has 2 aliphatic heterocycles. The van der Waals surface area contributed by atoms with Crippen LogP contribution in [0.2, 0.25) is 0 Å². The molecule has 0 saturated carbocycles. The third kappa shape index (κ3) is 3.50. The van der Waals surface area contributed by atoms with Crippen LogP contribution in [0.5, 0.6) is 5.75 Å². The zero-order valence-electron chi connectivity index (χ0n) is 14.5. The summed E-state index contributed by atoms with van der Waals surface area (Å²) in [4.78, 5) is 14.0. The van der Waals surface area contributed by atoms with Crippen LogP contribution in [0, 0.1) is 0 Å². The fourth-order valence-electron chi connectivity index (χ4n) is 3.38. The Morgan fingerprint density at radius 1 is 1.20 bits per heavy atom. The van der Waals surface area contributed by atoms with E-state index in [1.807, 2.05) is 32.0 Å². The number of nitrogens with zero attached hydrogens (tertiary/aromatic N) is 1. The van der Waals surface area contributed by atoms with Crippen molar-refractivity contribution in [1.29, 1.82) is 0 Å². The van der Waals surface area contributed by atoms with Gasteiger partial charge in [-0.2, -0.15) is 0 Å². The van der Waals surface area contributed by atoms with Crippen molar-refractivity contribution in [2.45, 2.75) is 43.7 Å². The maximum atomic E-state index is 12.5. The molecule has 0 radical (unpaired) electrons. The van der Waals surface area contributed by atoms with Crippen LogP contribution in [0.25, 0.3) is 0 Å². The van der Waals surface area contributed by atoms with Gasteiger partial charge in [0.05, 0.1) is 5.69 Å². The first-order valence-electron chi connectivity index (χ1n) is 8.34. The summed E-state index contributed by atoms with van der Waals surface area (Å²) in [7, 11) is -1.81. The third-order valence-corrected chi connectivity index (χ3v) is 6.83. The number of fused-ring (bicyclic) bond motifs is 1. The van der Waals surface area contributed by atoms with Gasteiger partial charge in [-0.3, -0.25) is 15.6 Å². The summed E-state index contributed by atoms with van der Waals surface area (Å²) in [6, 6.07) is 6.90. The average Bonchev–Trinajstić information content (AvgIpc) is 2.91. The number of likely N-dealkylation sites (N-methyl/N-ethyl adjacent to an activating group) is 1. The van der Waals surface area contributed by atoms with E-state index in [-0.39, 0.29) is 31.0 Å². The second-order valence-electron chi connectivity index (χ2n) is 6.53. The van der Waals surface area contributed by atoms with Gasteiger partial charge in [-0.1, -0.05) is 12.1 Å². The molecular weight excluding hydrogens is 344 g/mol. The number of para-hydroxylation sites is 2. The molecule has 1 saturated heterocycles. The second-order valence-corrected chi connectivity index (χ2v) is 8.45. The van der Waals surface area contributed by atoms with Gasteiger partial charge in [0.15, 0.2) is 6.10 Å². The van der Waals surface area contributed by atoms with Crippen LogP contribution in [0.15, 0.2) is 24.3 Å². The Labute approximate surface area is 147 Å². The molecule has 0 spiro atoms. The number of carbonyl (C=O) groups is 1. The van der Waals surface area contributed by atoms with Gasteiger partial charge in [0.1, 0.15) is 11.0 Å². The summed E-state index contributed by atoms with van der Waals surface area (Å²) in [6.07, 6.45) is -0.426. The number of rotatable bonds is 5. The molecular formula is C16H24N4O4S. The van der Waals surface area contributed by atoms with E-state index >= 15 is 0 Å². The molecule has 1 fully saturated rings. The molecule has 25 heavy (non-hydrogen) atoms. The van der Waals surface area contributed by atoms with E-state index in [0.717, 1.165) is 5.69 Å². The summed E-state index contributed by atoms with van der Waals surface area (Å²) >= 11 is 0. The average molecular weight is 368 g/mol. The van der Waals surface area contributed by atoms with Gasteiger partial charge in [-0.15, -0.1) is 0 Å². The first kappa shape index (κ1) is 18.1. The van der Waals surface area contributed by atoms with E-state index < -0.39 is 21.4 Å². The minimum absolute atomic E-state index is 0.144. The van der Waals surface area contributed by atoms with Gasteiger partial charge in [-0.05, 0) is 26.0 Å². The van der Waals surface area contributed by atoms with Crippen molar-refractivity contribution in [3.63, 3.8) is 0 Å². The Bertz CT molecular complexity index is 744.